The van der Waals surface area contributed by atoms with Crippen LogP contribution in [-0.2, 0) is 19.2 Å². The van der Waals surface area contributed by atoms with Crippen LogP contribution in [0.1, 0.15) is 36.2 Å². The van der Waals surface area contributed by atoms with Gasteiger partial charge in [0.05, 0.1) is 44.2 Å². The summed E-state index contributed by atoms with van der Waals surface area (Å²) in [6.07, 6.45) is 2.83. The second kappa shape index (κ2) is 17.5. The minimum absolute atomic E-state index is 0.0372. The predicted molar refractivity (Wildman–Crippen MR) is 192 cm³/mol. The van der Waals surface area contributed by atoms with Gasteiger partial charge in [-0.2, -0.15) is 0 Å². The lowest BCUT2D eigenvalue weighted by molar-refractivity contribution is -0.141. The summed E-state index contributed by atoms with van der Waals surface area (Å²) in [7, 11) is 1.37. The van der Waals surface area contributed by atoms with Crippen molar-refractivity contribution in [2.75, 3.05) is 110 Å². The molecule has 296 valence electrons. The van der Waals surface area contributed by atoms with Crippen LogP contribution in [0.5, 0.6) is 5.75 Å². The highest BCUT2D eigenvalue weighted by Crippen LogP contribution is 2.44. The first-order valence-corrected chi connectivity index (χ1v) is 17.9. The number of methoxy groups -OCH3 is 1. The van der Waals surface area contributed by atoms with Crippen LogP contribution in [-0.4, -0.2) is 191 Å². The molecule has 3 heterocycles. The molecule has 1 atom stereocenters. The standard InChI is InChI=1S/C35H48FN7O11/c1-22-16-41(32-26(36)15-24-31(34(32)54-2)43(23-3-4-23)17-25(33(24)51)35(52)53)13-14-42(22)27(44)18-37-5-7-38(19-28(45)46)9-11-40(21-30(49)50)12-10-39(8-6-37)20-29(47)48/h15,17,22-23H,3-14,16,18-21H2,1-2H3,(H,45,46)(H,47,48)(H,49,50)(H,52,53). The summed E-state index contributed by atoms with van der Waals surface area (Å²) in [5.41, 5.74) is -0.826. The number of aliphatic carboxylic acids is 3. The molecule has 3 fully saturated rings. The Labute approximate surface area is 310 Å². The Morgan fingerprint density at radius 1 is 0.759 bits per heavy atom. The summed E-state index contributed by atoms with van der Waals surface area (Å²) in [5.74, 6) is -5.40. The van der Waals surface area contributed by atoms with Gasteiger partial charge in [0.25, 0.3) is 0 Å². The fourth-order valence-corrected chi connectivity index (χ4v) is 7.32. The molecule has 1 aliphatic carbocycles. The molecule has 54 heavy (non-hydrogen) atoms. The minimum Gasteiger partial charge on any atom is -0.492 e. The summed E-state index contributed by atoms with van der Waals surface area (Å²) in [4.78, 5) is 83.9. The number of carbonyl (C=O) groups is 5. The lowest BCUT2D eigenvalue weighted by Crippen LogP contribution is -2.57. The van der Waals surface area contributed by atoms with Crippen LogP contribution in [0.15, 0.2) is 17.1 Å². The number of ether oxygens (including phenoxy) is 1. The van der Waals surface area contributed by atoms with E-state index in [1.54, 1.807) is 29.1 Å². The van der Waals surface area contributed by atoms with Crippen LogP contribution in [0.3, 0.4) is 0 Å². The molecule has 1 aromatic carbocycles. The van der Waals surface area contributed by atoms with Crippen LogP contribution in [0.4, 0.5) is 10.1 Å². The first-order valence-electron chi connectivity index (χ1n) is 17.9. The van der Waals surface area contributed by atoms with E-state index in [2.05, 4.69) is 0 Å². The number of carboxylic acids is 4. The molecule has 18 nitrogen and oxygen atoms in total. The number of fused-ring (bicyclic) bond motifs is 1. The van der Waals surface area contributed by atoms with E-state index < -0.39 is 46.7 Å². The number of benzene rings is 1. The molecule has 0 radical (unpaired) electrons. The van der Waals surface area contributed by atoms with Gasteiger partial charge in [0.15, 0.2) is 11.6 Å². The first kappa shape index (κ1) is 40.3. The van der Waals surface area contributed by atoms with Crippen molar-refractivity contribution in [1.82, 2.24) is 29.1 Å². The van der Waals surface area contributed by atoms with E-state index in [1.165, 1.54) is 13.3 Å². The molecule has 2 aliphatic heterocycles. The number of rotatable bonds is 12. The molecule has 4 N–H and O–H groups in total. The van der Waals surface area contributed by atoms with Gasteiger partial charge in [0.2, 0.25) is 11.3 Å². The largest absolute Gasteiger partial charge is 0.492 e. The van der Waals surface area contributed by atoms with Crippen molar-refractivity contribution in [3.05, 3.63) is 33.9 Å². The molecule has 1 unspecified atom stereocenters. The Bertz CT molecular complexity index is 1790. The zero-order chi connectivity index (χ0) is 39.3. The molecule has 0 spiro atoms. The van der Waals surface area contributed by atoms with Gasteiger partial charge in [-0.15, -0.1) is 0 Å². The van der Waals surface area contributed by atoms with Gasteiger partial charge in [-0.05, 0) is 25.8 Å². The molecule has 0 bridgehead atoms. The lowest BCUT2D eigenvalue weighted by Gasteiger charge is -2.42. The Kier molecular flexibility index (Phi) is 13.1. The van der Waals surface area contributed by atoms with Crippen molar-refractivity contribution >= 4 is 46.4 Å². The quantitative estimate of drug-likeness (QED) is 0.218. The molecule has 1 saturated carbocycles. The van der Waals surface area contributed by atoms with E-state index in [0.29, 0.717) is 18.6 Å². The Balaban J connectivity index is 1.33. The van der Waals surface area contributed by atoms with Gasteiger partial charge in [0.1, 0.15) is 11.3 Å². The monoisotopic (exact) mass is 761 g/mol. The Morgan fingerprint density at radius 2 is 1.24 bits per heavy atom. The minimum atomic E-state index is -1.40. The molecule has 5 rings (SSSR count). The van der Waals surface area contributed by atoms with Gasteiger partial charge in [-0.25, -0.2) is 9.18 Å². The second-order valence-electron chi connectivity index (χ2n) is 14.1. The first-order chi connectivity index (χ1) is 25.7. The number of pyridine rings is 1. The van der Waals surface area contributed by atoms with Crippen LogP contribution < -0.4 is 15.1 Å². The second-order valence-corrected chi connectivity index (χ2v) is 14.1. The highest BCUT2D eigenvalue weighted by atomic mass is 19.1. The topological polar surface area (TPSA) is 217 Å². The lowest BCUT2D eigenvalue weighted by atomic mass is 10.1. The van der Waals surface area contributed by atoms with Gasteiger partial charge in [0, 0.05) is 90.3 Å². The van der Waals surface area contributed by atoms with E-state index in [9.17, 15) is 49.2 Å². The number of nitrogens with zero attached hydrogens (tertiary/aromatic N) is 7. The van der Waals surface area contributed by atoms with Gasteiger partial charge in [-0.3, -0.25) is 43.6 Å². The number of anilines is 1. The third-order valence-corrected chi connectivity index (χ3v) is 10.2. The third-order valence-electron chi connectivity index (χ3n) is 10.2. The van der Waals surface area contributed by atoms with Crippen molar-refractivity contribution in [2.45, 2.75) is 31.8 Å². The maximum absolute atomic E-state index is 16.0. The van der Waals surface area contributed by atoms with Gasteiger partial charge in [-0.1, -0.05) is 0 Å². The average molecular weight is 762 g/mol. The predicted octanol–water partition coefficient (Wildman–Crippen LogP) is -0.305. The zero-order valence-electron chi connectivity index (χ0n) is 30.5. The summed E-state index contributed by atoms with van der Waals surface area (Å²) in [6, 6.07) is 0.604. The molecule has 1 amide bonds. The maximum atomic E-state index is 16.0. The van der Waals surface area contributed by atoms with Crippen molar-refractivity contribution in [3.63, 3.8) is 0 Å². The molecule has 2 aromatic rings. The maximum Gasteiger partial charge on any atom is 0.341 e. The number of aromatic nitrogens is 1. The van der Waals surface area contributed by atoms with Crippen LogP contribution in [0.2, 0.25) is 0 Å². The molecule has 1 aromatic heterocycles. The fraction of sp³-hybridized carbons (Fsp3) is 0.600. The fourth-order valence-electron chi connectivity index (χ4n) is 7.32. The number of hydrogen-bond acceptors (Lipinski definition) is 12. The van der Waals surface area contributed by atoms with Crippen LogP contribution >= 0.6 is 0 Å². The number of halogens is 1. The molecular weight excluding hydrogens is 713 g/mol. The van der Waals surface area contributed by atoms with Crippen molar-refractivity contribution in [2.24, 2.45) is 0 Å². The van der Waals surface area contributed by atoms with Crippen LogP contribution in [0.25, 0.3) is 10.9 Å². The Morgan fingerprint density at radius 3 is 1.65 bits per heavy atom. The van der Waals surface area contributed by atoms with Crippen molar-refractivity contribution in [1.29, 1.82) is 0 Å². The van der Waals surface area contributed by atoms with Crippen molar-refractivity contribution < 1.29 is 53.5 Å². The number of hydrogen-bond donors (Lipinski definition) is 4. The number of aromatic carboxylic acids is 1. The zero-order valence-corrected chi connectivity index (χ0v) is 30.5. The van der Waals surface area contributed by atoms with E-state index in [4.69, 9.17) is 4.74 Å². The number of amides is 1. The molecule has 2 saturated heterocycles. The summed E-state index contributed by atoms with van der Waals surface area (Å²) >= 11 is 0. The van der Waals surface area contributed by atoms with E-state index in [0.717, 1.165) is 18.9 Å². The molecular formula is C35H48FN7O11. The highest BCUT2D eigenvalue weighted by molar-refractivity contribution is 5.97. The number of carbonyl (C=O) groups excluding carboxylic acids is 1. The molecule has 19 heteroatoms. The number of carboxylic acid groups (broad SMARTS) is 4. The SMILES string of the molecule is COc1c(N2CCN(C(=O)CN3CCN(CC(=O)O)CCN(CC(=O)O)CCN(CC(=O)O)CC3)C(C)C2)c(F)cc2c(=O)c(C(=O)O)cn(C3CC3)c12. The van der Waals surface area contributed by atoms with E-state index >= 15 is 4.39 Å². The van der Waals surface area contributed by atoms with Gasteiger partial charge >= 0.3 is 23.9 Å². The van der Waals surface area contributed by atoms with E-state index in [1.807, 2.05) is 11.8 Å². The molecule has 3 aliphatic rings. The summed E-state index contributed by atoms with van der Waals surface area (Å²) < 4.78 is 23.4. The normalized spacial score (nSPS) is 20.3. The van der Waals surface area contributed by atoms with Crippen molar-refractivity contribution in [3.8, 4) is 5.75 Å². The summed E-state index contributed by atoms with van der Waals surface area (Å²) in [5, 5.41) is 38.0. The average Bonchev–Trinajstić information content (AvgIpc) is 3.94. The highest BCUT2D eigenvalue weighted by Gasteiger charge is 2.35. The van der Waals surface area contributed by atoms with Crippen LogP contribution in [0, 0.1) is 5.82 Å². The van der Waals surface area contributed by atoms with Gasteiger partial charge < -0.3 is 39.5 Å². The smallest absolute Gasteiger partial charge is 0.341 e. The number of piperazine rings is 1. The summed E-state index contributed by atoms with van der Waals surface area (Å²) in [6.45, 7) is 3.76. The Hall–Kier alpha value is -4.85. The third kappa shape index (κ3) is 9.82. The van der Waals surface area contributed by atoms with E-state index in [-0.39, 0.29) is 114 Å².